The second kappa shape index (κ2) is 10.3. The lowest BCUT2D eigenvalue weighted by Gasteiger charge is -2.33. The number of aliphatic hydroxyl groups excluding tert-OH is 1. The summed E-state index contributed by atoms with van der Waals surface area (Å²) in [6.07, 6.45) is 0.832. The summed E-state index contributed by atoms with van der Waals surface area (Å²) in [6, 6.07) is 16.2. The number of methoxy groups -OCH3 is 2. The van der Waals surface area contributed by atoms with Gasteiger partial charge >= 0.3 is 6.09 Å². The smallest absolute Gasteiger partial charge is 0.409 e. The second-order valence-corrected chi connectivity index (χ2v) is 8.95. The molecule has 3 rings (SSSR count). The lowest BCUT2D eigenvalue weighted by atomic mass is 9.72. The van der Waals surface area contributed by atoms with Gasteiger partial charge in [0.25, 0.3) is 0 Å². The van der Waals surface area contributed by atoms with E-state index in [2.05, 4.69) is 19.1 Å². The Kier molecular flexibility index (Phi) is 7.67. The normalized spacial score (nSPS) is 22.3. The average molecular weight is 442 g/mol. The number of hydrogen-bond donors (Lipinski definition) is 1. The molecule has 1 N–H and O–H groups in total. The Balaban J connectivity index is 1.80. The maximum Gasteiger partial charge on any atom is 0.409 e. The Morgan fingerprint density at radius 3 is 2.50 bits per heavy atom. The number of nitrogens with zero attached hydrogens (tertiary/aromatic N) is 1. The molecule has 1 aliphatic rings. The zero-order chi connectivity index (χ0) is 23.3. The first-order valence-corrected chi connectivity index (χ1v) is 11.2. The molecule has 2 aromatic rings. The van der Waals surface area contributed by atoms with Crippen molar-refractivity contribution < 1.29 is 24.1 Å². The molecule has 4 atom stereocenters. The van der Waals surface area contributed by atoms with Crippen molar-refractivity contribution >= 4 is 6.09 Å². The van der Waals surface area contributed by atoms with E-state index in [1.807, 2.05) is 43.3 Å². The second-order valence-electron chi connectivity index (χ2n) is 8.95. The maximum absolute atomic E-state index is 12.2. The van der Waals surface area contributed by atoms with Crippen LogP contribution in [0.25, 0.3) is 0 Å². The Bertz CT molecular complexity index is 900. The van der Waals surface area contributed by atoms with E-state index in [9.17, 15) is 9.90 Å². The Hall–Kier alpha value is -2.73. The van der Waals surface area contributed by atoms with Gasteiger partial charge in [-0.25, -0.2) is 4.79 Å². The molecule has 0 bridgehead atoms. The van der Waals surface area contributed by atoms with E-state index in [0.29, 0.717) is 24.6 Å². The molecule has 6 nitrogen and oxygen atoms in total. The fraction of sp³-hybridized carbons (Fsp3) is 0.500. The molecule has 2 aromatic carbocycles. The minimum absolute atomic E-state index is 0.00218. The third-order valence-corrected chi connectivity index (χ3v) is 6.72. The van der Waals surface area contributed by atoms with Crippen molar-refractivity contribution in [2.24, 2.45) is 5.41 Å². The van der Waals surface area contributed by atoms with E-state index in [4.69, 9.17) is 14.2 Å². The molecule has 0 aliphatic carbocycles. The molecule has 1 fully saturated rings. The van der Waals surface area contributed by atoms with Gasteiger partial charge in [-0.3, -0.25) is 0 Å². The van der Waals surface area contributed by atoms with Gasteiger partial charge < -0.3 is 24.2 Å². The van der Waals surface area contributed by atoms with Crippen molar-refractivity contribution in [1.82, 2.24) is 4.90 Å². The molecule has 1 unspecified atom stereocenters. The van der Waals surface area contributed by atoms with Crippen LogP contribution in [-0.2, 0) is 11.2 Å². The van der Waals surface area contributed by atoms with E-state index in [1.54, 1.807) is 18.9 Å². The van der Waals surface area contributed by atoms with Gasteiger partial charge in [-0.05, 0) is 49.9 Å². The third kappa shape index (κ3) is 5.18. The van der Waals surface area contributed by atoms with Gasteiger partial charge in [-0.15, -0.1) is 0 Å². The number of carbonyl (C=O) groups excluding carboxylic acids is 1. The highest BCUT2D eigenvalue weighted by atomic mass is 16.5. The molecule has 0 aromatic heterocycles. The van der Waals surface area contributed by atoms with Crippen LogP contribution in [0.4, 0.5) is 4.79 Å². The highest BCUT2D eigenvalue weighted by molar-refractivity contribution is 5.68. The van der Waals surface area contributed by atoms with Crippen molar-refractivity contribution in [1.29, 1.82) is 0 Å². The van der Waals surface area contributed by atoms with Crippen LogP contribution in [0.3, 0.4) is 0 Å². The van der Waals surface area contributed by atoms with E-state index in [0.717, 1.165) is 18.4 Å². The Morgan fingerprint density at radius 2 is 1.88 bits per heavy atom. The van der Waals surface area contributed by atoms with Gasteiger partial charge in [-0.1, -0.05) is 43.3 Å². The molecule has 6 heteroatoms. The lowest BCUT2D eigenvalue weighted by molar-refractivity contribution is 0.0470. The number of aryl methyl sites for hydroxylation is 1. The molecule has 1 aliphatic heterocycles. The van der Waals surface area contributed by atoms with Gasteiger partial charge in [0.05, 0.1) is 26.4 Å². The summed E-state index contributed by atoms with van der Waals surface area (Å²) < 4.78 is 16.8. The Labute approximate surface area is 191 Å². The predicted molar refractivity (Wildman–Crippen MR) is 124 cm³/mol. The number of aliphatic hydroxyl groups is 1. The largest absolute Gasteiger partial charge is 0.493 e. The molecular weight excluding hydrogens is 406 g/mol. The topological polar surface area (TPSA) is 68.2 Å². The SMILES string of the molecule is COC(=O)N1C[C@@H](c2ccc(OC)c(OC(C)CCc3ccccc3)c2)[C@](C)([C@H](C)O)C1. The summed E-state index contributed by atoms with van der Waals surface area (Å²) in [5.74, 6) is 1.28. The third-order valence-electron chi connectivity index (χ3n) is 6.72. The van der Waals surface area contributed by atoms with E-state index in [1.165, 1.54) is 12.7 Å². The van der Waals surface area contributed by atoms with Crippen LogP contribution in [0.2, 0.25) is 0 Å². The van der Waals surface area contributed by atoms with Crippen LogP contribution >= 0.6 is 0 Å². The summed E-state index contributed by atoms with van der Waals surface area (Å²) in [7, 11) is 3.01. The summed E-state index contributed by atoms with van der Waals surface area (Å²) in [4.78, 5) is 13.8. The molecule has 174 valence electrons. The molecule has 0 spiro atoms. The summed E-state index contributed by atoms with van der Waals surface area (Å²) in [6.45, 7) is 6.75. The molecule has 32 heavy (non-hydrogen) atoms. The van der Waals surface area contributed by atoms with Crippen molar-refractivity contribution in [3.05, 3.63) is 59.7 Å². The van der Waals surface area contributed by atoms with Crippen molar-refractivity contribution in [3.63, 3.8) is 0 Å². The van der Waals surface area contributed by atoms with Crippen molar-refractivity contribution in [2.45, 2.75) is 51.7 Å². The maximum atomic E-state index is 12.2. The minimum atomic E-state index is -0.599. The molecule has 0 radical (unpaired) electrons. The number of rotatable bonds is 8. The monoisotopic (exact) mass is 441 g/mol. The zero-order valence-electron chi connectivity index (χ0n) is 19.7. The molecule has 1 saturated heterocycles. The van der Waals surface area contributed by atoms with Crippen LogP contribution in [0.5, 0.6) is 11.5 Å². The van der Waals surface area contributed by atoms with Crippen molar-refractivity contribution in [3.8, 4) is 11.5 Å². The van der Waals surface area contributed by atoms with E-state index < -0.39 is 11.5 Å². The van der Waals surface area contributed by atoms with Crippen molar-refractivity contribution in [2.75, 3.05) is 27.3 Å². The van der Waals surface area contributed by atoms with Crippen LogP contribution in [0.15, 0.2) is 48.5 Å². The highest BCUT2D eigenvalue weighted by Gasteiger charge is 2.48. The van der Waals surface area contributed by atoms with Gasteiger partial charge in [0.1, 0.15) is 0 Å². The number of benzene rings is 2. The number of ether oxygens (including phenoxy) is 3. The standard InChI is InChI=1S/C26H35NO5/c1-18(11-12-20-9-7-6-8-10-20)32-24-15-21(13-14-23(24)30-4)22-16-27(25(29)31-5)17-26(22,3)19(2)28/h6-10,13-15,18-19,22,28H,11-12,16-17H2,1-5H3/t18?,19-,22-,26-/m0/s1. The van der Waals surface area contributed by atoms with Gasteiger partial charge in [0, 0.05) is 24.4 Å². The van der Waals surface area contributed by atoms with Gasteiger partial charge in [-0.2, -0.15) is 0 Å². The van der Waals surface area contributed by atoms with E-state index >= 15 is 0 Å². The molecule has 1 heterocycles. The molecule has 0 saturated carbocycles. The fourth-order valence-electron chi connectivity index (χ4n) is 4.48. The predicted octanol–water partition coefficient (Wildman–Crippen LogP) is 4.65. The fourth-order valence-corrected chi connectivity index (χ4v) is 4.48. The molecular formula is C26H35NO5. The number of carbonyl (C=O) groups is 1. The van der Waals surface area contributed by atoms with Crippen LogP contribution in [0, 0.1) is 5.41 Å². The number of amides is 1. The van der Waals surface area contributed by atoms with Crippen LogP contribution < -0.4 is 9.47 Å². The van der Waals surface area contributed by atoms with Crippen LogP contribution in [0.1, 0.15) is 44.2 Å². The summed E-state index contributed by atoms with van der Waals surface area (Å²) >= 11 is 0. The first-order chi connectivity index (χ1) is 15.3. The van der Waals surface area contributed by atoms with Gasteiger partial charge in [0.15, 0.2) is 11.5 Å². The summed E-state index contributed by atoms with van der Waals surface area (Å²) in [5, 5.41) is 10.6. The van der Waals surface area contributed by atoms with Crippen LogP contribution in [-0.4, -0.2) is 55.6 Å². The first-order valence-electron chi connectivity index (χ1n) is 11.2. The Morgan fingerprint density at radius 1 is 1.16 bits per heavy atom. The first kappa shape index (κ1) is 23.9. The number of hydrogen-bond acceptors (Lipinski definition) is 5. The van der Waals surface area contributed by atoms with E-state index in [-0.39, 0.29) is 18.1 Å². The lowest BCUT2D eigenvalue weighted by Crippen LogP contribution is -2.38. The quantitative estimate of drug-likeness (QED) is 0.646. The highest BCUT2D eigenvalue weighted by Crippen LogP contribution is 2.47. The van der Waals surface area contributed by atoms with Gasteiger partial charge in [0.2, 0.25) is 0 Å². The zero-order valence-corrected chi connectivity index (χ0v) is 19.7. The molecule has 1 amide bonds. The average Bonchev–Trinajstić information content (AvgIpc) is 3.17. The number of likely N-dealkylation sites (tertiary alicyclic amines) is 1. The minimum Gasteiger partial charge on any atom is -0.493 e. The summed E-state index contributed by atoms with van der Waals surface area (Å²) in [5.41, 5.74) is 1.79.